The van der Waals surface area contributed by atoms with Crippen LogP contribution in [0.3, 0.4) is 0 Å². The molecule has 0 radical (unpaired) electrons. The fourth-order valence-electron chi connectivity index (χ4n) is 1.55. The van der Waals surface area contributed by atoms with Crippen LogP contribution in [-0.4, -0.2) is 13.2 Å². The molecule has 0 spiro atoms. The molecule has 18 heavy (non-hydrogen) atoms. The van der Waals surface area contributed by atoms with Crippen LogP contribution >= 0.6 is 15.9 Å². The minimum Gasteiger partial charge on any atom is -0.490 e. The Labute approximate surface area is 118 Å². The van der Waals surface area contributed by atoms with E-state index < -0.39 is 0 Å². The van der Waals surface area contributed by atoms with Crippen molar-refractivity contribution in [3.63, 3.8) is 0 Å². The Balaban J connectivity index is 3.02. The Morgan fingerprint density at radius 3 is 2.06 bits per heavy atom. The highest BCUT2D eigenvalue weighted by molar-refractivity contribution is 9.10. The van der Waals surface area contributed by atoms with E-state index in [9.17, 15) is 0 Å². The van der Waals surface area contributed by atoms with Gasteiger partial charge in [-0.1, -0.05) is 29.8 Å². The lowest BCUT2D eigenvalue weighted by Crippen LogP contribution is -2.08. The van der Waals surface area contributed by atoms with Crippen LogP contribution in [0.2, 0.25) is 0 Å². The van der Waals surface area contributed by atoms with Crippen molar-refractivity contribution in [1.29, 1.82) is 0 Å². The first kappa shape index (κ1) is 15.3. The first-order valence-electron chi connectivity index (χ1n) is 6.44. The summed E-state index contributed by atoms with van der Waals surface area (Å²) in [6.07, 6.45) is 1.94. The van der Waals surface area contributed by atoms with Gasteiger partial charge in [0, 0.05) is 10.5 Å². The lowest BCUT2D eigenvalue weighted by Gasteiger charge is -2.16. The molecule has 0 aliphatic heterocycles. The molecular formula is C14H22BrNO2. The summed E-state index contributed by atoms with van der Waals surface area (Å²) < 4.78 is 12.4. The van der Waals surface area contributed by atoms with E-state index in [0.29, 0.717) is 13.2 Å². The van der Waals surface area contributed by atoms with Crippen LogP contribution in [0, 0.1) is 0 Å². The van der Waals surface area contributed by atoms with Crippen LogP contribution in [0.4, 0.5) is 0 Å². The van der Waals surface area contributed by atoms with Crippen LogP contribution < -0.4 is 15.2 Å². The number of hydrogen-bond donors (Lipinski definition) is 1. The van der Waals surface area contributed by atoms with Crippen LogP contribution in [0.5, 0.6) is 11.5 Å². The molecule has 0 saturated heterocycles. The fourth-order valence-corrected chi connectivity index (χ4v) is 2.23. The SMILES string of the molecule is CCCOc1cc(Br)c(C(C)N)cc1OCCC. The Kier molecular flexibility index (Phi) is 6.50. The number of halogens is 1. The first-order chi connectivity index (χ1) is 8.60. The normalized spacial score (nSPS) is 12.3. The van der Waals surface area contributed by atoms with Gasteiger partial charge in [-0.05, 0) is 37.5 Å². The van der Waals surface area contributed by atoms with Crippen molar-refractivity contribution in [3.05, 3.63) is 22.2 Å². The third kappa shape index (κ3) is 4.18. The van der Waals surface area contributed by atoms with Gasteiger partial charge in [0.1, 0.15) is 0 Å². The maximum absolute atomic E-state index is 5.94. The van der Waals surface area contributed by atoms with Gasteiger partial charge in [-0.2, -0.15) is 0 Å². The topological polar surface area (TPSA) is 44.5 Å². The zero-order valence-electron chi connectivity index (χ0n) is 11.3. The van der Waals surface area contributed by atoms with Crippen molar-refractivity contribution in [3.8, 4) is 11.5 Å². The highest BCUT2D eigenvalue weighted by atomic mass is 79.9. The molecule has 0 amide bonds. The molecule has 2 N–H and O–H groups in total. The maximum Gasteiger partial charge on any atom is 0.162 e. The van der Waals surface area contributed by atoms with Gasteiger partial charge in [-0.3, -0.25) is 0 Å². The van der Waals surface area contributed by atoms with E-state index in [1.807, 2.05) is 19.1 Å². The van der Waals surface area contributed by atoms with Gasteiger partial charge in [-0.15, -0.1) is 0 Å². The zero-order chi connectivity index (χ0) is 13.5. The maximum atomic E-state index is 5.94. The molecule has 0 aliphatic carbocycles. The number of ether oxygens (including phenoxy) is 2. The summed E-state index contributed by atoms with van der Waals surface area (Å²) >= 11 is 3.53. The minimum absolute atomic E-state index is 0.0384. The van der Waals surface area contributed by atoms with Crippen molar-refractivity contribution in [2.24, 2.45) is 5.73 Å². The van der Waals surface area contributed by atoms with E-state index in [2.05, 4.69) is 29.8 Å². The summed E-state index contributed by atoms with van der Waals surface area (Å²) in [6.45, 7) is 7.49. The zero-order valence-corrected chi connectivity index (χ0v) is 12.9. The molecule has 0 fully saturated rings. The largest absolute Gasteiger partial charge is 0.490 e. The van der Waals surface area contributed by atoms with E-state index in [1.165, 1.54) is 0 Å². The molecule has 0 heterocycles. The molecule has 3 nitrogen and oxygen atoms in total. The molecular weight excluding hydrogens is 294 g/mol. The van der Waals surface area contributed by atoms with Gasteiger partial charge < -0.3 is 15.2 Å². The average Bonchev–Trinajstić information content (AvgIpc) is 2.34. The Morgan fingerprint density at radius 2 is 1.61 bits per heavy atom. The molecule has 0 bridgehead atoms. The van der Waals surface area contributed by atoms with Gasteiger partial charge >= 0.3 is 0 Å². The van der Waals surface area contributed by atoms with Gasteiger partial charge in [-0.25, -0.2) is 0 Å². The summed E-state index contributed by atoms with van der Waals surface area (Å²) in [6, 6.07) is 3.87. The van der Waals surface area contributed by atoms with Crippen molar-refractivity contribution >= 4 is 15.9 Å². The Hall–Kier alpha value is -0.740. The van der Waals surface area contributed by atoms with Crippen LogP contribution in [0.25, 0.3) is 0 Å². The molecule has 1 unspecified atom stereocenters. The predicted octanol–water partition coefficient (Wildman–Crippen LogP) is 4.05. The summed E-state index contributed by atoms with van der Waals surface area (Å²) in [7, 11) is 0. The minimum atomic E-state index is -0.0384. The fraction of sp³-hybridized carbons (Fsp3) is 0.571. The second-order valence-corrected chi connectivity index (χ2v) is 5.16. The second-order valence-electron chi connectivity index (χ2n) is 4.31. The average molecular weight is 316 g/mol. The lowest BCUT2D eigenvalue weighted by atomic mass is 10.1. The monoisotopic (exact) mass is 315 g/mol. The highest BCUT2D eigenvalue weighted by Gasteiger charge is 2.13. The Bertz CT molecular complexity index is 380. The predicted molar refractivity (Wildman–Crippen MR) is 78.3 cm³/mol. The quantitative estimate of drug-likeness (QED) is 0.825. The molecule has 1 atom stereocenters. The molecule has 102 valence electrons. The summed E-state index contributed by atoms with van der Waals surface area (Å²) in [5.74, 6) is 1.56. The van der Waals surface area contributed by atoms with Gasteiger partial charge in [0.2, 0.25) is 0 Å². The lowest BCUT2D eigenvalue weighted by molar-refractivity contribution is 0.268. The van der Waals surface area contributed by atoms with Crippen molar-refractivity contribution in [1.82, 2.24) is 0 Å². The van der Waals surface area contributed by atoms with E-state index >= 15 is 0 Å². The van der Waals surface area contributed by atoms with E-state index in [-0.39, 0.29) is 6.04 Å². The highest BCUT2D eigenvalue weighted by Crippen LogP contribution is 2.36. The van der Waals surface area contributed by atoms with E-state index in [4.69, 9.17) is 15.2 Å². The van der Waals surface area contributed by atoms with Crippen LogP contribution in [-0.2, 0) is 0 Å². The molecule has 0 aliphatic rings. The van der Waals surface area contributed by atoms with Crippen molar-refractivity contribution < 1.29 is 9.47 Å². The number of nitrogens with two attached hydrogens (primary N) is 1. The van der Waals surface area contributed by atoms with Crippen LogP contribution in [0.15, 0.2) is 16.6 Å². The smallest absolute Gasteiger partial charge is 0.162 e. The van der Waals surface area contributed by atoms with Crippen molar-refractivity contribution in [2.75, 3.05) is 13.2 Å². The number of hydrogen-bond acceptors (Lipinski definition) is 3. The molecule has 1 aromatic rings. The Morgan fingerprint density at radius 1 is 1.11 bits per heavy atom. The molecule has 0 saturated carbocycles. The molecule has 4 heteroatoms. The standard InChI is InChI=1S/C14H22BrNO2/c1-4-6-17-13-8-11(10(3)16)12(15)9-14(13)18-7-5-2/h8-10H,4-7,16H2,1-3H3. The summed E-state index contributed by atoms with van der Waals surface area (Å²) in [5.41, 5.74) is 6.97. The van der Waals surface area contributed by atoms with E-state index in [1.54, 1.807) is 0 Å². The third-order valence-electron chi connectivity index (χ3n) is 2.48. The second kappa shape index (κ2) is 7.64. The molecule has 1 aromatic carbocycles. The van der Waals surface area contributed by atoms with Crippen molar-refractivity contribution in [2.45, 2.75) is 39.7 Å². The summed E-state index contributed by atoms with van der Waals surface area (Å²) in [5, 5.41) is 0. The number of benzene rings is 1. The molecule has 1 rings (SSSR count). The van der Waals surface area contributed by atoms with Gasteiger partial charge in [0.15, 0.2) is 11.5 Å². The molecule has 0 aromatic heterocycles. The third-order valence-corrected chi connectivity index (χ3v) is 3.16. The van der Waals surface area contributed by atoms with Gasteiger partial charge in [0.25, 0.3) is 0 Å². The summed E-state index contributed by atoms with van der Waals surface area (Å²) in [4.78, 5) is 0. The van der Waals surface area contributed by atoms with Gasteiger partial charge in [0.05, 0.1) is 13.2 Å². The van der Waals surface area contributed by atoms with E-state index in [0.717, 1.165) is 34.4 Å². The number of rotatable bonds is 7. The van der Waals surface area contributed by atoms with Crippen LogP contribution in [0.1, 0.15) is 45.2 Å². The first-order valence-corrected chi connectivity index (χ1v) is 7.24.